The molecule has 1 amide bonds. The fourth-order valence-corrected chi connectivity index (χ4v) is 5.02. The molecule has 1 saturated heterocycles. The van der Waals surface area contributed by atoms with E-state index >= 15 is 0 Å². The van der Waals surface area contributed by atoms with E-state index in [9.17, 15) is 4.79 Å². The van der Waals surface area contributed by atoms with Crippen molar-refractivity contribution in [2.24, 2.45) is 0 Å². The van der Waals surface area contributed by atoms with Gasteiger partial charge in [-0.15, -0.1) is 11.3 Å². The first-order valence-corrected chi connectivity index (χ1v) is 10.7. The molecule has 0 unspecified atom stereocenters. The monoisotopic (exact) mass is 419 g/mol. The highest BCUT2D eigenvalue weighted by Crippen LogP contribution is 2.36. The van der Waals surface area contributed by atoms with E-state index < -0.39 is 0 Å². The number of carbonyl (C=O) groups is 1. The van der Waals surface area contributed by atoms with E-state index in [1.54, 1.807) is 11.3 Å². The van der Waals surface area contributed by atoms with Crippen LogP contribution < -0.4 is 5.32 Å². The molecule has 1 N–H and O–H groups in total. The summed E-state index contributed by atoms with van der Waals surface area (Å²) in [5.41, 5.74) is 1.16. The maximum absolute atomic E-state index is 12.4. The molecule has 1 atom stereocenters. The van der Waals surface area contributed by atoms with Crippen LogP contribution in [0.25, 0.3) is 10.6 Å². The van der Waals surface area contributed by atoms with Crippen LogP contribution in [0.1, 0.15) is 35.1 Å². The van der Waals surface area contributed by atoms with Gasteiger partial charge < -0.3 is 0 Å². The molecule has 0 aromatic carbocycles. The zero-order valence-corrected chi connectivity index (χ0v) is 17.1. The Hall–Kier alpha value is -1.87. The molecule has 0 bridgehead atoms. The van der Waals surface area contributed by atoms with Gasteiger partial charge in [0.05, 0.1) is 23.0 Å². The second-order valence-electron chi connectivity index (χ2n) is 6.41. The molecule has 0 radical (unpaired) electrons. The standard InChI is InChI=1S/C18H18ClN5OS2/c1-11-4-2-6-24(11)10-14-16(13-5-3-7-26-13)22-18(27-14)23-17(25)12-8-21-15(19)9-20-12/h3,5,7-9,11H,2,4,6,10H2,1H3,(H,22,23,25)/t11-/m1/s1. The fraction of sp³-hybridized carbons (Fsp3) is 0.333. The van der Waals surface area contributed by atoms with E-state index in [0.29, 0.717) is 11.2 Å². The van der Waals surface area contributed by atoms with Gasteiger partial charge in [-0.05, 0) is 37.8 Å². The number of halogens is 1. The molecule has 6 nitrogen and oxygen atoms in total. The Balaban J connectivity index is 1.58. The highest BCUT2D eigenvalue weighted by molar-refractivity contribution is 7.17. The minimum Gasteiger partial charge on any atom is -0.296 e. The Morgan fingerprint density at radius 3 is 2.96 bits per heavy atom. The highest BCUT2D eigenvalue weighted by atomic mass is 35.5. The van der Waals surface area contributed by atoms with Crippen LogP contribution in [0.4, 0.5) is 5.13 Å². The zero-order chi connectivity index (χ0) is 18.8. The van der Waals surface area contributed by atoms with Gasteiger partial charge in [0.15, 0.2) is 5.13 Å². The third-order valence-electron chi connectivity index (χ3n) is 4.56. The molecule has 0 aliphatic carbocycles. The summed E-state index contributed by atoms with van der Waals surface area (Å²) in [7, 11) is 0. The summed E-state index contributed by atoms with van der Waals surface area (Å²) >= 11 is 8.91. The first kappa shape index (κ1) is 18.5. The maximum Gasteiger partial charge on any atom is 0.277 e. The molecule has 27 heavy (non-hydrogen) atoms. The average molecular weight is 420 g/mol. The van der Waals surface area contributed by atoms with Crippen molar-refractivity contribution in [3.63, 3.8) is 0 Å². The summed E-state index contributed by atoms with van der Waals surface area (Å²) < 4.78 is 0. The largest absolute Gasteiger partial charge is 0.296 e. The number of anilines is 1. The molecule has 4 heterocycles. The number of carbonyl (C=O) groups excluding carboxylic acids is 1. The Labute approximate surface area is 170 Å². The van der Waals surface area contributed by atoms with Crippen LogP contribution in [0.3, 0.4) is 0 Å². The highest BCUT2D eigenvalue weighted by Gasteiger charge is 2.24. The number of likely N-dealkylation sites (tertiary alicyclic amines) is 1. The summed E-state index contributed by atoms with van der Waals surface area (Å²) in [6, 6.07) is 4.65. The molecule has 140 valence electrons. The van der Waals surface area contributed by atoms with Gasteiger partial charge in [0.1, 0.15) is 10.8 Å². The molecule has 1 fully saturated rings. The number of aromatic nitrogens is 3. The molecular weight excluding hydrogens is 402 g/mol. The molecule has 9 heteroatoms. The van der Waals surface area contributed by atoms with E-state index in [1.807, 2.05) is 11.4 Å². The molecule has 1 aliphatic rings. The second-order valence-corrected chi connectivity index (χ2v) is 8.83. The normalized spacial score (nSPS) is 17.3. The van der Waals surface area contributed by atoms with Gasteiger partial charge in [0.2, 0.25) is 0 Å². The lowest BCUT2D eigenvalue weighted by Gasteiger charge is -2.20. The number of amides is 1. The number of hydrogen-bond acceptors (Lipinski definition) is 7. The summed E-state index contributed by atoms with van der Waals surface area (Å²) in [5.74, 6) is -0.341. The summed E-state index contributed by atoms with van der Waals surface area (Å²) in [6.45, 7) is 4.22. The molecule has 0 saturated carbocycles. The van der Waals surface area contributed by atoms with Crippen LogP contribution in [0.5, 0.6) is 0 Å². The molecule has 3 aromatic heterocycles. The Bertz CT molecular complexity index is 926. The van der Waals surface area contributed by atoms with Gasteiger partial charge in [0, 0.05) is 17.5 Å². The summed E-state index contributed by atoms with van der Waals surface area (Å²) in [5, 5.41) is 5.71. The summed E-state index contributed by atoms with van der Waals surface area (Å²) in [6.07, 6.45) is 5.17. The average Bonchev–Trinajstić information content (AvgIpc) is 3.38. The van der Waals surface area contributed by atoms with Crippen LogP contribution >= 0.6 is 34.3 Å². The molecule has 0 spiro atoms. The number of hydrogen-bond donors (Lipinski definition) is 1. The van der Waals surface area contributed by atoms with Crippen molar-refractivity contribution in [2.45, 2.75) is 32.4 Å². The molecule has 3 aromatic rings. The van der Waals surface area contributed by atoms with Crippen LogP contribution in [0.15, 0.2) is 29.9 Å². The molecular formula is C18H18ClN5OS2. The van der Waals surface area contributed by atoms with Crippen molar-refractivity contribution in [1.29, 1.82) is 0 Å². The lowest BCUT2D eigenvalue weighted by atomic mass is 10.2. The fourth-order valence-electron chi connectivity index (χ4n) is 3.12. The van der Waals surface area contributed by atoms with E-state index in [4.69, 9.17) is 16.6 Å². The van der Waals surface area contributed by atoms with Gasteiger partial charge in [0.25, 0.3) is 5.91 Å². The molecule has 4 rings (SSSR count). The Morgan fingerprint density at radius 2 is 2.30 bits per heavy atom. The van der Waals surface area contributed by atoms with Crippen LogP contribution in [0.2, 0.25) is 5.15 Å². The predicted molar refractivity (Wildman–Crippen MR) is 110 cm³/mol. The lowest BCUT2D eigenvalue weighted by molar-refractivity contribution is 0.102. The van der Waals surface area contributed by atoms with Crippen molar-refractivity contribution in [1.82, 2.24) is 19.9 Å². The van der Waals surface area contributed by atoms with Gasteiger partial charge in [-0.2, -0.15) is 0 Å². The minimum absolute atomic E-state index is 0.210. The lowest BCUT2D eigenvalue weighted by Crippen LogP contribution is -2.25. The van der Waals surface area contributed by atoms with Crippen molar-refractivity contribution >= 4 is 45.3 Å². The number of nitrogens with zero attached hydrogens (tertiary/aromatic N) is 4. The smallest absolute Gasteiger partial charge is 0.277 e. The third-order valence-corrected chi connectivity index (χ3v) is 6.59. The van der Waals surface area contributed by atoms with Crippen molar-refractivity contribution in [2.75, 3.05) is 11.9 Å². The van der Waals surface area contributed by atoms with E-state index in [2.05, 4.69) is 33.2 Å². The van der Waals surface area contributed by atoms with Gasteiger partial charge in [-0.1, -0.05) is 29.0 Å². The summed E-state index contributed by atoms with van der Waals surface area (Å²) in [4.78, 5) is 29.8. The van der Waals surface area contributed by atoms with Gasteiger partial charge in [-0.25, -0.2) is 15.0 Å². The van der Waals surface area contributed by atoms with Crippen LogP contribution in [0, 0.1) is 0 Å². The van der Waals surface area contributed by atoms with Gasteiger partial charge >= 0.3 is 0 Å². The maximum atomic E-state index is 12.4. The predicted octanol–water partition coefficient (Wildman–Crippen LogP) is 4.55. The number of nitrogens with one attached hydrogen (secondary N) is 1. The zero-order valence-electron chi connectivity index (χ0n) is 14.7. The number of thiazole rings is 1. The molecule has 1 aliphatic heterocycles. The first-order chi connectivity index (χ1) is 13.1. The van der Waals surface area contributed by atoms with Gasteiger partial charge in [-0.3, -0.25) is 15.0 Å². The topological polar surface area (TPSA) is 71.0 Å². The van der Waals surface area contributed by atoms with E-state index in [0.717, 1.165) is 23.7 Å². The Kier molecular flexibility index (Phi) is 5.49. The SMILES string of the molecule is C[C@@H]1CCCN1Cc1sc(NC(=O)c2cnc(Cl)cn2)nc1-c1cccs1. The van der Waals surface area contributed by atoms with E-state index in [-0.39, 0.29) is 16.8 Å². The number of rotatable bonds is 5. The third kappa shape index (κ3) is 4.19. The van der Waals surface area contributed by atoms with E-state index in [1.165, 1.54) is 41.4 Å². The minimum atomic E-state index is -0.341. The second kappa shape index (κ2) is 8.02. The quantitative estimate of drug-likeness (QED) is 0.656. The van der Waals surface area contributed by atoms with Crippen molar-refractivity contribution in [3.8, 4) is 10.6 Å². The van der Waals surface area contributed by atoms with Crippen molar-refractivity contribution < 1.29 is 4.79 Å². The Morgan fingerprint density at radius 1 is 1.41 bits per heavy atom. The number of thiophene rings is 1. The first-order valence-electron chi connectivity index (χ1n) is 8.66. The van der Waals surface area contributed by atoms with Crippen LogP contribution in [-0.2, 0) is 6.54 Å². The van der Waals surface area contributed by atoms with Crippen LogP contribution in [-0.4, -0.2) is 38.3 Å². The van der Waals surface area contributed by atoms with Crippen molar-refractivity contribution in [3.05, 3.63) is 45.6 Å².